The number of hydrogen-bond donors (Lipinski definition) is 0. The summed E-state index contributed by atoms with van der Waals surface area (Å²) in [6, 6.07) is 8.56. The second-order valence-electron chi connectivity index (χ2n) is 5.27. The van der Waals surface area contributed by atoms with Crippen LogP contribution in [0.4, 0.5) is 0 Å². The maximum Gasteiger partial charge on any atom is 0.147 e. The Bertz CT molecular complexity index is 511. The molecule has 0 aliphatic rings. The minimum absolute atomic E-state index is 0.184. The van der Waals surface area contributed by atoms with E-state index < -0.39 is 0 Å². The maximum atomic E-state index is 5.70. The molecule has 18 heavy (non-hydrogen) atoms. The van der Waals surface area contributed by atoms with Crippen LogP contribution in [-0.2, 0) is 11.8 Å². The van der Waals surface area contributed by atoms with E-state index in [-0.39, 0.29) is 5.41 Å². The molecule has 0 bridgehead atoms. The number of hydrogen-bond acceptors (Lipinski definition) is 3. The van der Waals surface area contributed by atoms with Crippen molar-refractivity contribution < 1.29 is 0 Å². The molecule has 2 rings (SSSR count). The SMILES string of the molecule is CC(C)(C)c1ccc(-c2nnc(CCCl)s2)cc1. The van der Waals surface area contributed by atoms with E-state index in [4.69, 9.17) is 11.6 Å². The monoisotopic (exact) mass is 280 g/mol. The van der Waals surface area contributed by atoms with Crippen molar-refractivity contribution in [2.45, 2.75) is 32.6 Å². The predicted octanol–water partition coefficient (Wildman–Crippen LogP) is 4.28. The van der Waals surface area contributed by atoms with Crippen LogP contribution in [0.1, 0.15) is 31.3 Å². The Morgan fingerprint density at radius 3 is 2.33 bits per heavy atom. The molecule has 0 aliphatic carbocycles. The summed E-state index contributed by atoms with van der Waals surface area (Å²) in [5, 5.41) is 10.3. The minimum Gasteiger partial charge on any atom is -0.143 e. The first kappa shape index (κ1) is 13.5. The van der Waals surface area contributed by atoms with Gasteiger partial charge in [-0.05, 0) is 11.0 Å². The number of aryl methyl sites for hydroxylation is 1. The Morgan fingerprint density at radius 2 is 1.78 bits per heavy atom. The Labute approximate surface area is 117 Å². The van der Waals surface area contributed by atoms with Crippen molar-refractivity contribution in [3.05, 3.63) is 34.8 Å². The summed E-state index contributed by atoms with van der Waals surface area (Å²) in [4.78, 5) is 0. The van der Waals surface area contributed by atoms with Crippen molar-refractivity contribution in [2.75, 3.05) is 5.88 Å². The lowest BCUT2D eigenvalue weighted by Crippen LogP contribution is -2.10. The summed E-state index contributed by atoms with van der Waals surface area (Å²) in [5.74, 6) is 0.595. The topological polar surface area (TPSA) is 25.8 Å². The number of rotatable bonds is 3. The summed E-state index contributed by atoms with van der Waals surface area (Å²) in [6.07, 6.45) is 0.791. The lowest BCUT2D eigenvalue weighted by Gasteiger charge is -2.18. The quantitative estimate of drug-likeness (QED) is 0.784. The summed E-state index contributed by atoms with van der Waals surface area (Å²) in [6.45, 7) is 6.64. The fourth-order valence-electron chi connectivity index (χ4n) is 1.66. The lowest BCUT2D eigenvalue weighted by molar-refractivity contribution is 0.590. The van der Waals surface area contributed by atoms with Crippen LogP contribution in [0.15, 0.2) is 24.3 Å². The fraction of sp³-hybridized carbons (Fsp3) is 0.429. The molecule has 1 heterocycles. The molecule has 96 valence electrons. The van der Waals surface area contributed by atoms with Gasteiger partial charge in [-0.1, -0.05) is 56.4 Å². The Kier molecular flexibility index (Phi) is 4.03. The van der Waals surface area contributed by atoms with E-state index in [0.717, 1.165) is 22.0 Å². The van der Waals surface area contributed by atoms with Gasteiger partial charge in [-0.2, -0.15) is 0 Å². The summed E-state index contributed by atoms with van der Waals surface area (Å²) in [7, 11) is 0. The van der Waals surface area contributed by atoms with Crippen molar-refractivity contribution in [3.63, 3.8) is 0 Å². The second kappa shape index (κ2) is 5.37. The smallest absolute Gasteiger partial charge is 0.143 e. The molecular formula is C14H17ClN2S. The van der Waals surface area contributed by atoms with Crippen molar-refractivity contribution in [3.8, 4) is 10.6 Å². The normalized spacial score (nSPS) is 11.8. The molecule has 0 atom stereocenters. The van der Waals surface area contributed by atoms with E-state index in [2.05, 4.69) is 55.2 Å². The van der Waals surface area contributed by atoms with Crippen LogP contribution in [-0.4, -0.2) is 16.1 Å². The van der Waals surface area contributed by atoms with E-state index in [0.29, 0.717) is 5.88 Å². The first-order valence-corrected chi connectivity index (χ1v) is 7.35. The molecule has 0 amide bonds. The van der Waals surface area contributed by atoms with Crippen LogP contribution >= 0.6 is 22.9 Å². The van der Waals surface area contributed by atoms with E-state index in [1.807, 2.05) is 0 Å². The van der Waals surface area contributed by atoms with Gasteiger partial charge in [-0.3, -0.25) is 0 Å². The minimum atomic E-state index is 0.184. The van der Waals surface area contributed by atoms with Gasteiger partial charge in [-0.25, -0.2) is 0 Å². The van der Waals surface area contributed by atoms with Gasteiger partial charge in [0, 0.05) is 17.9 Å². The predicted molar refractivity (Wildman–Crippen MR) is 78.5 cm³/mol. The van der Waals surface area contributed by atoms with Crippen molar-refractivity contribution in [2.24, 2.45) is 0 Å². The van der Waals surface area contributed by atoms with E-state index in [1.165, 1.54) is 5.56 Å². The van der Waals surface area contributed by atoms with E-state index in [1.54, 1.807) is 11.3 Å². The first-order chi connectivity index (χ1) is 8.50. The zero-order valence-electron chi connectivity index (χ0n) is 10.9. The molecule has 4 heteroatoms. The molecule has 2 nitrogen and oxygen atoms in total. The van der Waals surface area contributed by atoms with Gasteiger partial charge in [0.25, 0.3) is 0 Å². The third-order valence-electron chi connectivity index (χ3n) is 2.77. The Morgan fingerprint density at radius 1 is 1.11 bits per heavy atom. The summed E-state index contributed by atoms with van der Waals surface area (Å²) in [5.41, 5.74) is 2.64. The number of benzene rings is 1. The average Bonchev–Trinajstić information content (AvgIpc) is 2.77. The van der Waals surface area contributed by atoms with Gasteiger partial charge in [0.2, 0.25) is 0 Å². The Balaban J connectivity index is 2.23. The zero-order valence-corrected chi connectivity index (χ0v) is 12.5. The van der Waals surface area contributed by atoms with Crippen molar-refractivity contribution >= 4 is 22.9 Å². The van der Waals surface area contributed by atoms with Gasteiger partial charge in [0.15, 0.2) is 0 Å². The van der Waals surface area contributed by atoms with Gasteiger partial charge in [0.1, 0.15) is 10.0 Å². The fourth-order valence-corrected chi connectivity index (χ4v) is 2.80. The number of halogens is 1. The average molecular weight is 281 g/mol. The summed E-state index contributed by atoms with van der Waals surface area (Å²) < 4.78 is 0. The van der Waals surface area contributed by atoms with Crippen molar-refractivity contribution in [1.29, 1.82) is 0 Å². The molecule has 0 radical (unpaired) electrons. The first-order valence-electron chi connectivity index (χ1n) is 6.00. The van der Waals surface area contributed by atoms with Crippen molar-refractivity contribution in [1.82, 2.24) is 10.2 Å². The molecule has 0 aliphatic heterocycles. The van der Waals surface area contributed by atoms with Crippen LogP contribution in [0, 0.1) is 0 Å². The lowest BCUT2D eigenvalue weighted by atomic mass is 9.87. The van der Waals surface area contributed by atoms with Gasteiger partial charge in [0.05, 0.1) is 0 Å². The zero-order chi connectivity index (χ0) is 13.2. The third-order valence-corrected chi connectivity index (χ3v) is 3.99. The molecule has 0 fully saturated rings. The second-order valence-corrected chi connectivity index (χ2v) is 6.71. The maximum absolute atomic E-state index is 5.70. The largest absolute Gasteiger partial charge is 0.147 e. The molecule has 2 aromatic rings. The van der Waals surface area contributed by atoms with Crippen LogP contribution in [0.3, 0.4) is 0 Å². The van der Waals surface area contributed by atoms with Gasteiger partial charge >= 0.3 is 0 Å². The number of aromatic nitrogens is 2. The highest BCUT2D eigenvalue weighted by Gasteiger charge is 2.14. The molecule has 0 saturated carbocycles. The highest BCUT2D eigenvalue weighted by atomic mass is 35.5. The number of nitrogens with zero attached hydrogens (tertiary/aromatic N) is 2. The standard InChI is InChI=1S/C14H17ClN2S/c1-14(2,3)11-6-4-10(5-7-11)13-17-16-12(18-13)8-9-15/h4-7H,8-9H2,1-3H3. The van der Waals surface area contributed by atoms with Crippen LogP contribution in [0.25, 0.3) is 10.6 Å². The molecule has 0 N–H and O–H groups in total. The highest BCUT2D eigenvalue weighted by molar-refractivity contribution is 7.14. The third kappa shape index (κ3) is 3.09. The molecule has 0 unspecified atom stereocenters. The molecule has 0 spiro atoms. The van der Waals surface area contributed by atoms with Crippen LogP contribution in [0.2, 0.25) is 0 Å². The van der Waals surface area contributed by atoms with Gasteiger partial charge < -0.3 is 0 Å². The molecule has 0 saturated heterocycles. The molecular weight excluding hydrogens is 264 g/mol. The van der Waals surface area contributed by atoms with Gasteiger partial charge in [-0.15, -0.1) is 21.8 Å². The summed E-state index contributed by atoms with van der Waals surface area (Å²) >= 11 is 7.32. The highest BCUT2D eigenvalue weighted by Crippen LogP contribution is 2.27. The van der Waals surface area contributed by atoms with Crippen LogP contribution in [0.5, 0.6) is 0 Å². The van der Waals surface area contributed by atoms with E-state index in [9.17, 15) is 0 Å². The number of alkyl halides is 1. The molecule has 1 aromatic carbocycles. The van der Waals surface area contributed by atoms with E-state index >= 15 is 0 Å². The van der Waals surface area contributed by atoms with Crippen LogP contribution < -0.4 is 0 Å². The molecule has 1 aromatic heterocycles. The Hall–Kier alpha value is -0.930.